The summed E-state index contributed by atoms with van der Waals surface area (Å²) < 4.78 is 5.76. The van der Waals surface area contributed by atoms with E-state index in [1.807, 2.05) is 54.6 Å². The maximum atomic E-state index is 12.5. The van der Waals surface area contributed by atoms with Crippen molar-refractivity contribution in [2.75, 3.05) is 11.9 Å². The topological polar surface area (TPSA) is 38.3 Å². The third kappa shape index (κ3) is 5.59. The fraction of sp³-hybridized carbons (Fsp3) is 0.240. The van der Waals surface area contributed by atoms with Gasteiger partial charge in [0, 0.05) is 15.7 Å². The Kier molecular flexibility index (Phi) is 6.98. The molecule has 3 aromatic rings. The number of amides is 1. The molecule has 0 saturated carbocycles. The summed E-state index contributed by atoms with van der Waals surface area (Å²) in [5.74, 6) is 1.40. The summed E-state index contributed by atoms with van der Waals surface area (Å²) in [7, 11) is 0. The van der Waals surface area contributed by atoms with Crippen LogP contribution in [-0.2, 0) is 23.4 Å². The fourth-order valence-corrected chi connectivity index (χ4v) is 4.66. The van der Waals surface area contributed by atoms with Crippen LogP contribution in [0.2, 0.25) is 5.02 Å². The summed E-state index contributed by atoms with van der Waals surface area (Å²) in [6.45, 7) is -0.00499. The van der Waals surface area contributed by atoms with Crippen LogP contribution >= 0.6 is 23.4 Å². The summed E-state index contributed by atoms with van der Waals surface area (Å²) in [6, 6.07) is 21.8. The molecule has 0 bridgehead atoms. The second-order valence-corrected chi connectivity index (χ2v) is 8.84. The highest BCUT2D eigenvalue weighted by Gasteiger charge is 2.12. The average molecular weight is 438 g/mol. The standard InChI is InChI=1S/C25H24ClNO2S/c26-21-12-9-18(10-13-21)17-30-24-8-4-3-7-23(24)27-25(28)16-29-22-14-11-19-5-1-2-6-20(19)15-22/h3-4,7-15H,1-2,5-6,16-17H2,(H,27,28). The molecule has 1 aliphatic carbocycles. The van der Waals surface area contributed by atoms with Crippen LogP contribution in [0.4, 0.5) is 5.69 Å². The van der Waals surface area contributed by atoms with Gasteiger partial charge in [0.05, 0.1) is 5.69 Å². The lowest BCUT2D eigenvalue weighted by Gasteiger charge is -2.17. The molecule has 3 nitrogen and oxygen atoms in total. The number of anilines is 1. The first-order chi connectivity index (χ1) is 14.7. The first-order valence-electron chi connectivity index (χ1n) is 10.2. The van der Waals surface area contributed by atoms with Gasteiger partial charge in [0.15, 0.2) is 6.61 Å². The summed E-state index contributed by atoms with van der Waals surface area (Å²) in [4.78, 5) is 13.5. The highest BCUT2D eigenvalue weighted by Crippen LogP contribution is 2.30. The lowest BCUT2D eigenvalue weighted by Crippen LogP contribution is -2.20. The summed E-state index contributed by atoms with van der Waals surface area (Å²) in [6.07, 6.45) is 4.71. The van der Waals surface area contributed by atoms with Gasteiger partial charge in [-0.1, -0.05) is 41.9 Å². The summed E-state index contributed by atoms with van der Waals surface area (Å²) >= 11 is 7.63. The van der Waals surface area contributed by atoms with Crippen molar-refractivity contribution in [1.29, 1.82) is 0 Å². The minimum atomic E-state index is -0.160. The molecule has 0 spiro atoms. The van der Waals surface area contributed by atoms with E-state index < -0.39 is 0 Å². The molecule has 0 radical (unpaired) electrons. The van der Waals surface area contributed by atoms with E-state index >= 15 is 0 Å². The molecular formula is C25H24ClNO2S. The average Bonchev–Trinajstić information content (AvgIpc) is 2.78. The normalized spacial score (nSPS) is 12.8. The van der Waals surface area contributed by atoms with Gasteiger partial charge in [0.2, 0.25) is 0 Å². The smallest absolute Gasteiger partial charge is 0.262 e. The predicted octanol–water partition coefficient (Wildman–Crippen LogP) is 6.53. The van der Waals surface area contributed by atoms with Crippen molar-refractivity contribution in [3.8, 4) is 5.75 Å². The molecule has 0 heterocycles. The number of halogens is 1. The maximum absolute atomic E-state index is 12.5. The van der Waals surface area contributed by atoms with Gasteiger partial charge in [-0.3, -0.25) is 4.79 Å². The van der Waals surface area contributed by atoms with Crippen LogP contribution in [0.1, 0.15) is 29.5 Å². The molecule has 0 unspecified atom stereocenters. The number of para-hydroxylation sites is 1. The molecule has 0 atom stereocenters. The Balaban J connectivity index is 1.33. The third-order valence-corrected chi connectivity index (χ3v) is 6.56. The van der Waals surface area contributed by atoms with Crippen molar-refractivity contribution >= 4 is 35.0 Å². The maximum Gasteiger partial charge on any atom is 0.262 e. The molecule has 0 fully saturated rings. The molecule has 154 valence electrons. The number of aryl methyl sites for hydroxylation is 2. The largest absolute Gasteiger partial charge is 0.484 e. The van der Waals surface area contributed by atoms with Crippen molar-refractivity contribution in [1.82, 2.24) is 0 Å². The Hall–Kier alpha value is -2.43. The molecule has 0 saturated heterocycles. The zero-order valence-corrected chi connectivity index (χ0v) is 18.3. The van der Waals surface area contributed by atoms with Crippen molar-refractivity contribution < 1.29 is 9.53 Å². The van der Waals surface area contributed by atoms with Crippen molar-refractivity contribution in [2.24, 2.45) is 0 Å². The molecule has 5 heteroatoms. The number of ether oxygens (including phenoxy) is 1. The number of thioether (sulfide) groups is 1. The van der Waals surface area contributed by atoms with E-state index in [0.29, 0.717) is 0 Å². The fourth-order valence-electron chi connectivity index (χ4n) is 3.57. The van der Waals surface area contributed by atoms with Crippen LogP contribution in [-0.4, -0.2) is 12.5 Å². The minimum absolute atomic E-state index is 0.00499. The van der Waals surface area contributed by atoms with Gasteiger partial charge in [-0.15, -0.1) is 11.8 Å². The molecular weight excluding hydrogens is 414 g/mol. The number of fused-ring (bicyclic) bond motifs is 1. The van der Waals surface area contributed by atoms with Crippen LogP contribution in [0, 0.1) is 0 Å². The molecule has 0 aliphatic heterocycles. The first kappa shape index (κ1) is 20.8. The Morgan fingerprint density at radius 2 is 1.73 bits per heavy atom. The van der Waals surface area contributed by atoms with Crippen LogP contribution in [0.5, 0.6) is 5.75 Å². The monoisotopic (exact) mass is 437 g/mol. The SMILES string of the molecule is O=C(COc1ccc2c(c1)CCCC2)Nc1ccccc1SCc1ccc(Cl)cc1. The van der Waals surface area contributed by atoms with Gasteiger partial charge >= 0.3 is 0 Å². The lowest BCUT2D eigenvalue weighted by molar-refractivity contribution is -0.118. The van der Waals surface area contributed by atoms with Crippen molar-refractivity contribution in [2.45, 2.75) is 36.3 Å². The van der Waals surface area contributed by atoms with Gasteiger partial charge in [0.25, 0.3) is 5.91 Å². The summed E-state index contributed by atoms with van der Waals surface area (Å²) in [5, 5.41) is 3.71. The van der Waals surface area contributed by atoms with E-state index in [1.165, 1.54) is 29.5 Å². The second kappa shape index (κ2) is 10.1. The highest BCUT2D eigenvalue weighted by atomic mass is 35.5. The number of rotatable bonds is 7. The number of hydrogen-bond donors (Lipinski definition) is 1. The van der Waals surface area contributed by atoms with Crippen molar-refractivity contribution in [3.63, 3.8) is 0 Å². The third-order valence-electron chi connectivity index (χ3n) is 5.16. The second-order valence-electron chi connectivity index (χ2n) is 7.39. The van der Waals surface area contributed by atoms with Crippen molar-refractivity contribution in [3.05, 3.63) is 88.4 Å². The zero-order chi connectivity index (χ0) is 20.8. The molecule has 0 aromatic heterocycles. The molecule has 1 aliphatic rings. The van der Waals surface area contributed by atoms with Crippen LogP contribution < -0.4 is 10.1 Å². The van der Waals surface area contributed by atoms with Gasteiger partial charge < -0.3 is 10.1 Å². The molecule has 4 rings (SSSR count). The van der Waals surface area contributed by atoms with Crippen LogP contribution in [0.25, 0.3) is 0 Å². The predicted molar refractivity (Wildman–Crippen MR) is 125 cm³/mol. The van der Waals surface area contributed by atoms with Gasteiger partial charge in [-0.25, -0.2) is 0 Å². The Morgan fingerprint density at radius 3 is 2.57 bits per heavy atom. The summed E-state index contributed by atoms with van der Waals surface area (Å²) in [5.41, 5.74) is 4.74. The molecule has 1 amide bonds. The Morgan fingerprint density at radius 1 is 0.967 bits per heavy atom. The quantitative estimate of drug-likeness (QED) is 0.427. The van der Waals surface area contributed by atoms with E-state index in [0.717, 1.165) is 39.9 Å². The van der Waals surface area contributed by atoms with Crippen LogP contribution in [0.15, 0.2) is 71.6 Å². The highest BCUT2D eigenvalue weighted by molar-refractivity contribution is 7.98. The first-order valence-corrected chi connectivity index (χ1v) is 11.5. The Labute approximate surface area is 186 Å². The van der Waals surface area contributed by atoms with Gasteiger partial charge in [-0.05, 0) is 78.8 Å². The van der Waals surface area contributed by atoms with E-state index in [2.05, 4.69) is 17.4 Å². The molecule has 1 N–H and O–H groups in total. The number of benzene rings is 3. The van der Waals surface area contributed by atoms with E-state index in [4.69, 9.17) is 16.3 Å². The number of hydrogen-bond acceptors (Lipinski definition) is 3. The number of carbonyl (C=O) groups excluding carboxylic acids is 1. The molecule has 30 heavy (non-hydrogen) atoms. The molecule has 3 aromatic carbocycles. The van der Waals surface area contributed by atoms with Gasteiger partial charge in [-0.2, -0.15) is 0 Å². The van der Waals surface area contributed by atoms with E-state index in [9.17, 15) is 4.79 Å². The number of nitrogens with one attached hydrogen (secondary N) is 1. The van der Waals surface area contributed by atoms with Gasteiger partial charge in [0.1, 0.15) is 5.75 Å². The Bertz CT molecular complexity index is 1020. The lowest BCUT2D eigenvalue weighted by atomic mass is 9.92. The van der Waals surface area contributed by atoms with E-state index in [-0.39, 0.29) is 12.5 Å². The minimum Gasteiger partial charge on any atom is -0.484 e. The zero-order valence-electron chi connectivity index (χ0n) is 16.7. The van der Waals surface area contributed by atoms with Crippen LogP contribution in [0.3, 0.4) is 0 Å². The van der Waals surface area contributed by atoms with E-state index in [1.54, 1.807) is 11.8 Å². The number of carbonyl (C=O) groups is 1.